The monoisotopic (exact) mass is 400 g/mol. The third-order valence-corrected chi connectivity index (χ3v) is 4.07. The van der Waals surface area contributed by atoms with Crippen molar-refractivity contribution in [2.75, 3.05) is 0 Å². The van der Waals surface area contributed by atoms with Gasteiger partial charge in [0.15, 0.2) is 0 Å². The molecule has 0 fully saturated rings. The Hall–Kier alpha value is -3.45. The zero-order valence-corrected chi connectivity index (χ0v) is 15.1. The molecular weight excluding hydrogens is 387 g/mol. The van der Waals surface area contributed by atoms with E-state index in [9.17, 15) is 14.0 Å². The number of ether oxygens (including phenoxy) is 1. The molecule has 3 aromatic rings. The van der Waals surface area contributed by atoms with E-state index < -0.39 is 17.7 Å². The van der Waals surface area contributed by atoms with Crippen LogP contribution in [0, 0.1) is 5.82 Å². The number of aromatic nitrogens is 1. The van der Waals surface area contributed by atoms with Crippen molar-refractivity contribution in [3.05, 3.63) is 88.3 Å². The Labute approximate surface area is 164 Å². The van der Waals surface area contributed by atoms with E-state index in [1.807, 2.05) is 0 Å². The van der Waals surface area contributed by atoms with Gasteiger partial charge in [-0.2, -0.15) is 0 Å². The van der Waals surface area contributed by atoms with E-state index in [4.69, 9.17) is 21.4 Å². The molecule has 2 aromatic carbocycles. The Morgan fingerprint density at radius 3 is 2.54 bits per heavy atom. The number of benzene rings is 2. The Bertz CT molecular complexity index is 1020. The minimum absolute atomic E-state index is 0.0896. The van der Waals surface area contributed by atoms with Crippen molar-refractivity contribution in [1.82, 2.24) is 10.3 Å². The molecule has 0 unspecified atom stereocenters. The third-order valence-electron chi connectivity index (χ3n) is 3.76. The number of pyridine rings is 1. The van der Waals surface area contributed by atoms with Gasteiger partial charge in [-0.3, -0.25) is 4.79 Å². The van der Waals surface area contributed by atoms with Gasteiger partial charge in [-0.25, -0.2) is 14.2 Å². The van der Waals surface area contributed by atoms with Gasteiger partial charge < -0.3 is 15.2 Å². The van der Waals surface area contributed by atoms with Crippen molar-refractivity contribution in [2.24, 2.45) is 0 Å². The number of aromatic carboxylic acids is 1. The van der Waals surface area contributed by atoms with Gasteiger partial charge in [0.25, 0.3) is 5.91 Å². The molecule has 0 aliphatic rings. The molecule has 0 bridgehead atoms. The Kier molecular flexibility index (Phi) is 5.86. The van der Waals surface area contributed by atoms with E-state index in [2.05, 4.69) is 10.3 Å². The number of nitrogens with one attached hydrogen (secondary N) is 1. The van der Waals surface area contributed by atoms with Gasteiger partial charge in [0.1, 0.15) is 17.1 Å². The van der Waals surface area contributed by atoms with Crippen LogP contribution in [0.4, 0.5) is 4.39 Å². The first kappa shape index (κ1) is 19.3. The standard InChI is InChI=1S/C20H14ClFN2O4/c21-16-3-1-2-4-17(16)28-19-15(9-14(22)11-24-19)18(25)23-10-12-5-7-13(8-6-12)20(26)27/h1-9,11H,10H2,(H,23,25)(H,26,27). The fraction of sp³-hybridized carbons (Fsp3) is 0.0500. The van der Waals surface area contributed by atoms with Crippen molar-refractivity contribution in [2.45, 2.75) is 6.54 Å². The summed E-state index contributed by atoms with van der Waals surface area (Å²) in [5, 5.41) is 11.8. The van der Waals surface area contributed by atoms with Crippen molar-refractivity contribution < 1.29 is 23.8 Å². The lowest BCUT2D eigenvalue weighted by Crippen LogP contribution is -2.23. The predicted molar refractivity (Wildman–Crippen MR) is 100 cm³/mol. The van der Waals surface area contributed by atoms with Crippen LogP contribution in [-0.2, 0) is 6.54 Å². The summed E-state index contributed by atoms with van der Waals surface area (Å²) < 4.78 is 19.2. The van der Waals surface area contributed by atoms with E-state index in [0.717, 1.165) is 12.3 Å². The maximum absolute atomic E-state index is 13.6. The van der Waals surface area contributed by atoms with E-state index in [1.165, 1.54) is 12.1 Å². The van der Waals surface area contributed by atoms with Crippen LogP contribution in [0.15, 0.2) is 60.8 Å². The van der Waals surface area contributed by atoms with Gasteiger partial charge in [0.05, 0.1) is 16.8 Å². The van der Waals surface area contributed by atoms with Gasteiger partial charge >= 0.3 is 5.97 Å². The highest BCUT2D eigenvalue weighted by Gasteiger charge is 2.17. The van der Waals surface area contributed by atoms with E-state index in [-0.39, 0.29) is 29.3 Å². The summed E-state index contributed by atoms with van der Waals surface area (Å²) in [5.41, 5.74) is 0.721. The number of hydrogen-bond acceptors (Lipinski definition) is 4. The molecule has 1 aromatic heterocycles. The number of carboxylic acid groups (broad SMARTS) is 1. The second-order valence-electron chi connectivity index (χ2n) is 5.72. The highest BCUT2D eigenvalue weighted by Crippen LogP contribution is 2.29. The van der Waals surface area contributed by atoms with Crippen molar-refractivity contribution >= 4 is 23.5 Å². The summed E-state index contributed by atoms with van der Waals surface area (Å²) in [6.07, 6.45) is 0.938. The summed E-state index contributed by atoms with van der Waals surface area (Å²) in [5.74, 6) is -2.14. The predicted octanol–water partition coefficient (Wildman–Crippen LogP) is 4.29. The van der Waals surface area contributed by atoms with E-state index >= 15 is 0 Å². The Morgan fingerprint density at radius 1 is 1.14 bits per heavy atom. The number of rotatable bonds is 6. The summed E-state index contributed by atoms with van der Waals surface area (Å²) in [6.45, 7) is 0.112. The molecule has 142 valence electrons. The lowest BCUT2D eigenvalue weighted by atomic mass is 10.1. The smallest absolute Gasteiger partial charge is 0.335 e. The Morgan fingerprint density at radius 2 is 1.86 bits per heavy atom. The third kappa shape index (κ3) is 4.63. The second kappa shape index (κ2) is 8.49. The minimum Gasteiger partial charge on any atom is -0.478 e. The summed E-state index contributed by atoms with van der Waals surface area (Å²) in [4.78, 5) is 27.2. The quantitative estimate of drug-likeness (QED) is 0.644. The van der Waals surface area contributed by atoms with Gasteiger partial charge in [-0.15, -0.1) is 0 Å². The average Bonchev–Trinajstić information content (AvgIpc) is 2.69. The molecule has 0 radical (unpaired) electrons. The van der Waals surface area contributed by atoms with Crippen molar-refractivity contribution in [1.29, 1.82) is 0 Å². The van der Waals surface area contributed by atoms with Crippen LogP contribution in [0.25, 0.3) is 0 Å². The van der Waals surface area contributed by atoms with Gasteiger partial charge in [-0.1, -0.05) is 35.9 Å². The van der Waals surface area contributed by atoms with Crippen molar-refractivity contribution in [3.63, 3.8) is 0 Å². The normalized spacial score (nSPS) is 10.4. The van der Waals surface area contributed by atoms with Crippen LogP contribution < -0.4 is 10.1 Å². The highest BCUT2D eigenvalue weighted by molar-refractivity contribution is 6.32. The van der Waals surface area contributed by atoms with Crippen LogP contribution in [0.1, 0.15) is 26.3 Å². The SMILES string of the molecule is O=C(O)c1ccc(CNC(=O)c2cc(F)cnc2Oc2ccccc2Cl)cc1. The number of carbonyl (C=O) groups is 2. The fourth-order valence-electron chi connectivity index (χ4n) is 2.35. The summed E-state index contributed by atoms with van der Waals surface area (Å²) in [6, 6.07) is 13.7. The van der Waals surface area contributed by atoms with Crippen LogP contribution in [0.2, 0.25) is 5.02 Å². The molecule has 1 amide bonds. The first-order valence-electron chi connectivity index (χ1n) is 8.12. The molecule has 0 spiro atoms. The first-order chi connectivity index (χ1) is 13.4. The van der Waals surface area contributed by atoms with Gasteiger partial charge in [0, 0.05) is 6.54 Å². The van der Waals surface area contributed by atoms with Crippen LogP contribution in [-0.4, -0.2) is 22.0 Å². The molecule has 3 rings (SSSR count). The van der Waals surface area contributed by atoms with Gasteiger partial charge in [0.2, 0.25) is 5.88 Å². The van der Waals surface area contributed by atoms with Crippen LogP contribution >= 0.6 is 11.6 Å². The van der Waals surface area contributed by atoms with Crippen molar-refractivity contribution in [3.8, 4) is 11.6 Å². The number of hydrogen-bond donors (Lipinski definition) is 2. The summed E-state index contributed by atoms with van der Waals surface area (Å²) in [7, 11) is 0. The summed E-state index contributed by atoms with van der Waals surface area (Å²) >= 11 is 6.04. The minimum atomic E-state index is -1.04. The largest absolute Gasteiger partial charge is 0.478 e. The molecule has 1 heterocycles. The number of halogens is 2. The van der Waals surface area contributed by atoms with Gasteiger partial charge in [-0.05, 0) is 35.9 Å². The lowest BCUT2D eigenvalue weighted by molar-refractivity contribution is 0.0696. The molecule has 0 aliphatic carbocycles. The average molecular weight is 401 g/mol. The lowest BCUT2D eigenvalue weighted by Gasteiger charge is -2.11. The number of para-hydroxylation sites is 1. The number of nitrogens with zero attached hydrogens (tertiary/aromatic N) is 1. The second-order valence-corrected chi connectivity index (χ2v) is 6.13. The maximum atomic E-state index is 13.6. The number of carbonyl (C=O) groups excluding carboxylic acids is 1. The van der Waals surface area contributed by atoms with E-state index in [1.54, 1.807) is 36.4 Å². The number of carboxylic acids is 1. The van der Waals surface area contributed by atoms with Crippen LogP contribution in [0.5, 0.6) is 11.6 Å². The molecule has 0 saturated carbocycles. The topological polar surface area (TPSA) is 88.5 Å². The Balaban J connectivity index is 1.76. The molecule has 0 aliphatic heterocycles. The van der Waals surface area contributed by atoms with Crippen LogP contribution in [0.3, 0.4) is 0 Å². The fourth-order valence-corrected chi connectivity index (χ4v) is 2.52. The molecule has 2 N–H and O–H groups in total. The molecule has 0 saturated heterocycles. The molecule has 0 atom stereocenters. The molecule has 28 heavy (non-hydrogen) atoms. The zero-order chi connectivity index (χ0) is 20.1. The highest BCUT2D eigenvalue weighted by atomic mass is 35.5. The zero-order valence-electron chi connectivity index (χ0n) is 14.4. The number of amides is 1. The molecular formula is C20H14ClFN2O4. The molecule has 8 heteroatoms. The first-order valence-corrected chi connectivity index (χ1v) is 8.50. The maximum Gasteiger partial charge on any atom is 0.335 e. The molecule has 6 nitrogen and oxygen atoms in total. The van der Waals surface area contributed by atoms with E-state index in [0.29, 0.717) is 10.6 Å².